The summed E-state index contributed by atoms with van der Waals surface area (Å²) in [5.74, 6) is 2.55. The molecule has 0 radical (unpaired) electrons. The van der Waals surface area contributed by atoms with E-state index in [4.69, 9.17) is 0 Å². The molecule has 0 spiro atoms. The van der Waals surface area contributed by atoms with Gasteiger partial charge in [0.1, 0.15) is 5.82 Å². The van der Waals surface area contributed by atoms with Crippen LogP contribution in [0.15, 0.2) is 29.4 Å². The average Bonchev–Trinajstić information content (AvgIpc) is 2.59. The Morgan fingerprint density at radius 3 is 2.48 bits per heavy atom. The number of hydrogen-bond donors (Lipinski definition) is 1. The van der Waals surface area contributed by atoms with Crippen LogP contribution in [0, 0.1) is 0 Å². The zero-order valence-electron chi connectivity index (χ0n) is 15.6. The number of piperazine rings is 1. The van der Waals surface area contributed by atoms with E-state index in [0.717, 1.165) is 38.0 Å². The molecule has 1 unspecified atom stereocenters. The summed E-state index contributed by atoms with van der Waals surface area (Å²) in [4.78, 5) is 13.3. The third kappa shape index (κ3) is 6.73. The predicted molar refractivity (Wildman–Crippen MR) is 118 cm³/mol. The Hall–Kier alpha value is -0.900. The Morgan fingerprint density at radius 2 is 1.96 bits per heavy atom. The van der Waals surface area contributed by atoms with Crippen molar-refractivity contribution in [1.82, 2.24) is 15.2 Å². The number of aromatic nitrogens is 1. The van der Waals surface area contributed by atoms with E-state index in [-0.39, 0.29) is 28.7 Å². The summed E-state index contributed by atoms with van der Waals surface area (Å²) in [6.07, 6.45) is 1.83. The molecule has 1 aromatic heterocycles. The van der Waals surface area contributed by atoms with Crippen LogP contribution in [-0.2, 0) is 10.8 Å². The number of anilines is 1. The zero-order chi connectivity index (χ0) is 17.6. The molecule has 2 heterocycles. The molecule has 1 aromatic rings. The van der Waals surface area contributed by atoms with Crippen LogP contribution in [0.4, 0.5) is 5.82 Å². The van der Waals surface area contributed by atoms with Gasteiger partial charge >= 0.3 is 0 Å². The van der Waals surface area contributed by atoms with Gasteiger partial charge in [0.25, 0.3) is 0 Å². The lowest BCUT2D eigenvalue weighted by atomic mass is 10.3. The molecule has 6 nitrogen and oxygen atoms in total. The number of nitrogens with zero attached hydrogens (tertiary/aromatic N) is 4. The lowest BCUT2D eigenvalue weighted by Crippen LogP contribution is -2.53. The molecule has 0 aromatic carbocycles. The van der Waals surface area contributed by atoms with Crippen molar-refractivity contribution in [3.63, 3.8) is 0 Å². The summed E-state index contributed by atoms with van der Waals surface area (Å²) in [6, 6.07) is 6.00. The van der Waals surface area contributed by atoms with Crippen LogP contribution in [0.5, 0.6) is 0 Å². The zero-order valence-corrected chi connectivity index (χ0v) is 18.7. The Labute approximate surface area is 171 Å². The van der Waals surface area contributed by atoms with Crippen molar-refractivity contribution in [2.45, 2.75) is 25.5 Å². The summed E-state index contributed by atoms with van der Waals surface area (Å²) in [6.45, 7) is 10.4. The predicted octanol–water partition coefficient (Wildman–Crippen LogP) is 1.94. The first-order chi connectivity index (χ1) is 11.4. The number of nitrogens with one attached hydrogen (secondary N) is 1. The van der Waals surface area contributed by atoms with Gasteiger partial charge in [-0.2, -0.15) is 0 Å². The van der Waals surface area contributed by atoms with Crippen LogP contribution in [0.3, 0.4) is 0 Å². The van der Waals surface area contributed by atoms with Gasteiger partial charge < -0.3 is 15.1 Å². The molecule has 2 rings (SSSR count). The van der Waals surface area contributed by atoms with Gasteiger partial charge in [-0.05, 0) is 32.9 Å². The van der Waals surface area contributed by atoms with Gasteiger partial charge in [-0.3, -0.25) is 9.20 Å². The number of aliphatic imine (C=N–C) groups is 1. The second kappa shape index (κ2) is 10.3. The van der Waals surface area contributed by atoms with E-state index in [0.29, 0.717) is 12.3 Å². The van der Waals surface area contributed by atoms with E-state index in [1.165, 1.54) is 0 Å². The Morgan fingerprint density at radius 1 is 1.28 bits per heavy atom. The summed E-state index contributed by atoms with van der Waals surface area (Å²) >= 11 is 0. The highest BCUT2D eigenvalue weighted by Crippen LogP contribution is 2.13. The molecule has 1 aliphatic heterocycles. The van der Waals surface area contributed by atoms with Crippen molar-refractivity contribution in [3.8, 4) is 0 Å². The third-order valence-corrected chi connectivity index (χ3v) is 5.96. The van der Waals surface area contributed by atoms with Gasteiger partial charge in [-0.1, -0.05) is 6.07 Å². The normalized spacial score (nSPS) is 17.0. The summed E-state index contributed by atoms with van der Waals surface area (Å²) in [5.41, 5.74) is 0. The molecule has 8 heteroatoms. The van der Waals surface area contributed by atoms with Gasteiger partial charge in [0, 0.05) is 67.3 Å². The Kier molecular flexibility index (Phi) is 9.12. The summed E-state index contributed by atoms with van der Waals surface area (Å²) in [5, 5.41) is 3.35. The molecule has 0 aliphatic carbocycles. The molecule has 0 saturated carbocycles. The van der Waals surface area contributed by atoms with Crippen molar-refractivity contribution in [2.75, 3.05) is 50.4 Å². The molecule has 142 valence electrons. The first-order valence-corrected chi connectivity index (χ1v) is 9.74. The van der Waals surface area contributed by atoms with E-state index in [1.807, 2.05) is 45.2 Å². The monoisotopic (exact) mass is 479 g/mol. The van der Waals surface area contributed by atoms with E-state index >= 15 is 0 Å². The summed E-state index contributed by atoms with van der Waals surface area (Å²) < 4.78 is 11.9. The topological polar surface area (TPSA) is 60.8 Å². The van der Waals surface area contributed by atoms with Crippen LogP contribution in [0.2, 0.25) is 0 Å². The number of rotatable bonds is 4. The van der Waals surface area contributed by atoms with Crippen LogP contribution in [0.1, 0.15) is 20.8 Å². The van der Waals surface area contributed by atoms with Gasteiger partial charge in [0.2, 0.25) is 0 Å². The highest BCUT2D eigenvalue weighted by Gasteiger charge is 2.22. The fourth-order valence-electron chi connectivity index (χ4n) is 2.58. The number of pyridine rings is 1. The molecule has 1 N–H and O–H groups in total. The van der Waals surface area contributed by atoms with Crippen molar-refractivity contribution >= 4 is 46.6 Å². The third-order valence-electron chi connectivity index (χ3n) is 4.02. The largest absolute Gasteiger partial charge is 0.355 e. The van der Waals surface area contributed by atoms with Crippen LogP contribution in [-0.4, -0.2) is 70.3 Å². The molecule has 1 atom stereocenters. The van der Waals surface area contributed by atoms with E-state index in [9.17, 15) is 4.21 Å². The molecule has 1 aliphatic rings. The van der Waals surface area contributed by atoms with Crippen LogP contribution >= 0.6 is 24.0 Å². The maximum absolute atomic E-state index is 12.1. The SMILES string of the molecule is CN=C(NCCS(=O)C(C)(C)C)N1CCN(c2ccccn2)CC1.I. The van der Waals surface area contributed by atoms with Gasteiger partial charge in [0.15, 0.2) is 5.96 Å². The van der Waals surface area contributed by atoms with Crippen molar-refractivity contribution in [1.29, 1.82) is 0 Å². The van der Waals surface area contributed by atoms with Crippen LogP contribution in [0.25, 0.3) is 0 Å². The average molecular weight is 479 g/mol. The second-order valence-electron chi connectivity index (χ2n) is 6.80. The minimum atomic E-state index is -0.844. The fourth-order valence-corrected chi connectivity index (χ4v) is 3.48. The molecule has 1 saturated heterocycles. The number of hydrogen-bond acceptors (Lipinski definition) is 4. The van der Waals surface area contributed by atoms with E-state index in [1.54, 1.807) is 7.05 Å². The van der Waals surface area contributed by atoms with Crippen molar-refractivity contribution in [2.24, 2.45) is 4.99 Å². The lowest BCUT2D eigenvalue weighted by molar-refractivity contribution is 0.372. The Bertz CT molecular complexity index is 568. The van der Waals surface area contributed by atoms with Gasteiger partial charge in [-0.15, -0.1) is 24.0 Å². The van der Waals surface area contributed by atoms with E-state index < -0.39 is 10.8 Å². The highest BCUT2D eigenvalue weighted by molar-refractivity contribution is 14.0. The van der Waals surface area contributed by atoms with Gasteiger partial charge in [0.05, 0.1) is 0 Å². The minimum absolute atomic E-state index is 0. The smallest absolute Gasteiger partial charge is 0.193 e. The highest BCUT2D eigenvalue weighted by atomic mass is 127. The number of halogens is 1. The number of guanidine groups is 1. The maximum Gasteiger partial charge on any atom is 0.193 e. The molecule has 25 heavy (non-hydrogen) atoms. The second-order valence-corrected chi connectivity index (χ2v) is 9.12. The van der Waals surface area contributed by atoms with Crippen LogP contribution < -0.4 is 10.2 Å². The molecular formula is C17H30IN5OS. The molecule has 0 bridgehead atoms. The fraction of sp³-hybridized carbons (Fsp3) is 0.647. The van der Waals surface area contributed by atoms with Gasteiger partial charge in [-0.25, -0.2) is 4.98 Å². The molecule has 0 amide bonds. The minimum Gasteiger partial charge on any atom is -0.355 e. The molecule has 1 fully saturated rings. The van der Waals surface area contributed by atoms with Crippen molar-refractivity contribution < 1.29 is 4.21 Å². The lowest BCUT2D eigenvalue weighted by Gasteiger charge is -2.37. The maximum atomic E-state index is 12.1. The quantitative estimate of drug-likeness (QED) is 0.407. The Balaban J connectivity index is 0.00000312. The first kappa shape index (κ1) is 22.1. The van der Waals surface area contributed by atoms with Crippen molar-refractivity contribution in [3.05, 3.63) is 24.4 Å². The summed E-state index contributed by atoms with van der Waals surface area (Å²) in [7, 11) is 0.956. The molecular weight excluding hydrogens is 449 g/mol. The van der Waals surface area contributed by atoms with E-state index in [2.05, 4.69) is 25.1 Å². The first-order valence-electron chi connectivity index (χ1n) is 8.42. The standard InChI is InChI=1S/C17H29N5OS.HI/c1-17(2,3)24(23)14-9-20-16(18-4)22-12-10-21(11-13-22)15-7-5-6-8-19-15;/h5-8H,9-14H2,1-4H3,(H,18,20);1H.